The van der Waals surface area contributed by atoms with E-state index >= 15 is 0 Å². The summed E-state index contributed by atoms with van der Waals surface area (Å²) in [6.07, 6.45) is 0. The molecule has 0 radical (unpaired) electrons. The van der Waals surface area contributed by atoms with Gasteiger partial charge in [-0.3, -0.25) is 4.90 Å². The van der Waals surface area contributed by atoms with Crippen molar-refractivity contribution in [2.24, 2.45) is 0 Å². The molecule has 224 valence electrons. The van der Waals surface area contributed by atoms with Crippen molar-refractivity contribution in [3.05, 3.63) is 145 Å². The lowest BCUT2D eigenvalue weighted by Crippen LogP contribution is -2.13. The normalized spacial score (nSPS) is 11.5. The Hall–Kier alpha value is -6.05. The van der Waals surface area contributed by atoms with Crippen molar-refractivity contribution < 1.29 is 9.15 Å². The van der Waals surface area contributed by atoms with Gasteiger partial charge in [0.25, 0.3) is 0 Å². The zero-order chi connectivity index (χ0) is 31.3. The molecule has 6 nitrogen and oxygen atoms in total. The van der Waals surface area contributed by atoms with Crippen LogP contribution in [0.4, 0.5) is 17.3 Å². The molecule has 0 unspecified atom stereocenters. The third kappa shape index (κ3) is 4.76. The van der Waals surface area contributed by atoms with Crippen molar-refractivity contribution in [1.82, 2.24) is 15.0 Å². The number of fused-ring (bicyclic) bond motifs is 6. The minimum Gasteiger partial charge on any atom is -0.435 e. The van der Waals surface area contributed by atoms with E-state index in [-0.39, 0.29) is 0 Å². The summed E-state index contributed by atoms with van der Waals surface area (Å²) in [5.74, 6) is 2.43. The molecule has 0 spiro atoms. The number of anilines is 3. The van der Waals surface area contributed by atoms with Crippen molar-refractivity contribution in [3.8, 4) is 22.9 Å². The van der Waals surface area contributed by atoms with E-state index in [9.17, 15) is 0 Å². The van der Waals surface area contributed by atoms with Crippen LogP contribution in [-0.2, 0) is 0 Å². The molecule has 5 aromatic heterocycles. The fraction of sp³-hybridized carbons (Fsp3) is 0.0250. The van der Waals surface area contributed by atoms with Gasteiger partial charge >= 0.3 is 0 Å². The highest BCUT2D eigenvalue weighted by molar-refractivity contribution is 7.26. The van der Waals surface area contributed by atoms with Gasteiger partial charge in [-0.1, -0.05) is 78.9 Å². The Bertz CT molecular complexity index is 2590. The highest BCUT2D eigenvalue weighted by Gasteiger charge is 2.19. The number of rotatable bonds is 6. The number of benzene rings is 4. The highest BCUT2D eigenvalue weighted by atomic mass is 32.1. The number of hydrogen-bond acceptors (Lipinski definition) is 7. The van der Waals surface area contributed by atoms with Gasteiger partial charge in [0.15, 0.2) is 11.3 Å². The molecular weight excluding hydrogens is 601 g/mol. The van der Waals surface area contributed by atoms with Crippen LogP contribution in [0.1, 0.15) is 5.69 Å². The largest absolute Gasteiger partial charge is 0.435 e. The first-order valence-corrected chi connectivity index (χ1v) is 16.2. The van der Waals surface area contributed by atoms with Crippen molar-refractivity contribution >= 4 is 70.9 Å². The molecule has 7 heteroatoms. The average molecular weight is 627 g/mol. The van der Waals surface area contributed by atoms with E-state index < -0.39 is 0 Å². The summed E-state index contributed by atoms with van der Waals surface area (Å²) < 4.78 is 15.1. The molecule has 9 aromatic rings. The number of thiophene rings is 1. The van der Waals surface area contributed by atoms with E-state index in [2.05, 4.69) is 76.6 Å². The van der Waals surface area contributed by atoms with Crippen LogP contribution in [0.15, 0.2) is 144 Å². The standard InChI is InChI=1S/C40H26N4O2S/c1-25-23-24-30-28-14-8-18-33(38(28)46-40(30)41-25)45-37-22-10-21-36(43-37)44(26-11-3-2-4-12-26)35-20-9-17-32(42-35)31-16-7-15-29-27-13-5-6-19-34(27)47-39(29)31/h2-24H,1H3. The van der Waals surface area contributed by atoms with Crippen LogP contribution in [0, 0.1) is 6.92 Å². The molecule has 47 heavy (non-hydrogen) atoms. The number of aryl methyl sites for hydroxylation is 1. The van der Waals surface area contributed by atoms with E-state index in [0.717, 1.165) is 39.2 Å². The quantitative estimate of drug-likeness (QED) is 0.183. The van der Waals surface area contributed by atoms with Crippen molar-refractivity contribution in [2.75, 3.05) is 4.90 Å². The predicted octanol–water partition coefficient (Wildman–Crippen LogP) is 11.4. The van der Waals surface area contributed by atoms with Gasteiger partial charge in [0.2, 0.25) is 11.6 Å². The van der Waals surface area contributed by atoms with E-state index in [0.29, 0.717) is 28.7 Å². The topological polar surface area (TPSA) is 64.3 Å². The maximum atomic E-state index is 6.41. The van der Waals surface area contributed by atoms with Crippen LogP contribution in [-0.4, -0.2) is 15.0 Å². The molecule has 0 aliphatic heterocycles. The van der Waals surface area contributed by atoms with Crippen molar-refractivity contribution in [2.45, 2.75) is 6.92 Å². The molecule has 5 heterocycles. The summed E-state index contributed by atoms with van der Waals surface area (Å²) in [6.45, 7) is 1.95. The number of nitrogens with zero attached hydrogens (tertiary/aromatic N) is 4. The lowest BCUT2D eigenvalue weighted by molar-refractivity contribution is 0.458. The minimum absolute atomic E-state index is 0.437. The molecule has 0 atom stereocenters. The van der Waals surface area contributed by atoms with Crippen molar-refractivity contribution in [1.29, 1.82) is 0 Å². The Labute approximate surface area is 274 Å². The van der Waals surface area contributed by atoms with E-state index in [1.807, 2.05) is 79.7 Å². The molecule has 4 aromatic carbocycles. The monoisotopic (exact) mass is 626 g/mol. The first kappa shape index (κ1) is 27.3. The summed E-state index contributed by atoms with van der Waals surface area (Å²) in [5.41, 5.74) is 5.05. The fourth-order valence-corrected chi connectivity index (χ4v) is 7.35. The highest BCUT2D eigenvalue weighted by Crippen LogP contribution is 2.41. The molecule has 0 N–H and O–H groups in total. The first-order valence-electron chi connectivity index (χ1n) is 15.4. The predicted molar refractivity (Wildman–Crippen MR) is 191 cm³/mol. The zero-order valence-electron chi connectivity index (χ0n) is 25.3. The Morgan fingerprint density at radius 2 is 1.34 bits per heavy atom. The molecule has 9 rings (SSSR count). The second-order valence-electron chi connectivity index (χ2n) is 11.3. The van der Waals surface area contributed by atoms with Gasteiger partial charge in [0.05, 0.1) is 5.69 Å². The maximum absolute atomic E-state index is 6.41. The van der Waals surface area contributed by atoms with Crippen LogP contribution in [0.5, 0.6) is 11.6 Å². The molecule has 0 saturated carbocycles. The van der Waals surface area contributed by atoms with Gasteiger partial charge in [-0.15, -0.1) is 11.3 Å². The minimum atomic E-state index is 0.437. The van der Waals surface area contributed by atoms with Crippen LogP contribution in [0.2, 0.25) is 0 Å². The first-order chi connectivity index (χ1) is 23.2. The number of aromatic nitrogens is 3. The molecule has 0 amide bonds. The van der Waals surface area contributed by atoms with Crippen LogP contribution < -0.4 is 9.64 Å². The summed E-state index contributed by atoms with van der Waals surface area (Å²) in [4.78, 5) is 16.8. The second-order valence-corrected chi connectivity index (χ2v) is 12.4. The summed E-state index contributed by atoms with van der Waals surface area (Å²) in [6, 6.07) is 46.9. The summed E-state index contributed by atoms with van der Waals surface area (Å²) >= 11 is 1.80. The number of pyridine rings is 3. The molecule has 0 fully saturated rings. The Morgan fingerprint density at radius 1 is 0.596 bits per heavy atom. The Balaban J connectivity index is 1.14. The molecule has 0 aliphatic rings. The fourth-order valence-electron chi connectivity index (χ4n) is 6.13. The van der Waals surface area contributed by atoms with Gasteiger partial charge in [0.1, 0.15) is 11.6 Å². The summed E-state index contributed by atoms with van der Waals surface area (Å²) in [7, 11) is 0. The number of hydrogen-bond donors (Lipinski definition) is 0. The SMILES string of the molecule is Cc1ccc2c(n1)oc1c(Oc3cccc(N(c4ccccc4)c4cccc(-c5cccc6c5sc5ccccc56)n4)n3)cccc12. The third-order valence-corrected chi connectivity index (χ3v) is 9.50. The molecule has 0 aliphatic carbocycles. The maximum Gasteiger partial charge on any atom is 0.227 e. The molecule has 0 bridgehead atoms. The second kappa shape index (κ2) is 11.1. The number of para-hydroxylation sites is 2. The lowest BCUT2D eigenvalue weighted by atomic mass is 10.1. The van der Waals surface area contributed by atoms with Crippen molar-refractivity contribution in [3.63, 3.8) is 0 Å². The number of ether oxygens (including phenoxy) is 1. The van der Waals surface area contributed by atoms with Gasteiger partial charge in [0, 0.05) is 54.0 Å². The summed E-state index contributed by atoms with van der Waals surface area (Å²) in [5, 5.41) is 4.40. The lowest BCUT2D eigenvalue weighted by Gasteiger charge is -2.24. The van der Waals surface area contributed by atoms with Crippen LogP contribution >= 0.6 is 11.3 Å². The average Bonchev–Trinajstić information content (AvgIpc) is 3.68. The Kier molecular flexibility index (Phi) is 6.43. The van der Waals surface area contributed by atoms with E-state index in [1.54, 1.807) is 11.3 Å². The van der Waals surface area contributed by atoms with Gasteiger partial charge in [-0.05, 0) is 61.5 Å². The molecular formula is C40H26N4O2S. The molecule has 0 saturated heterocycles. The van der Waals surface area contributed by atoms with E-state index in [1.165, 1.54) is 20.2 Å². The van der Waals surface area contributed by atoms with Gasteiger partial charge in [-0.25, -0.2) is 9.97 Å². The van der Waals surface area contributed by atoms with E-state index in [4.69, 9.17) is 19.1 Å². The van der Waals surface area contributed by atoms with Crippen LogP contribution in [0.3, 0.4) is 0 Å². The zero-order valence-corrected chi connectivity index (χ0v) is 26.1. The Morgan fingerprint density at radius 3 is 2.26 bits per heavy atom. The van der Waals surface area contributed by atoms with Crippen LogP contribution in [0.25, 0.3) is 53.5 Å². The van der Waals surface area contributed by atoms with Gasteiger partial charge < -0.3 is 9.15 Å². The number of furan rings is 1. The smallest absolute Gasteiger partial charge is 0.227 e. The third-order valence-electron chi connectivity index (χ3n) is 8.28. The van der Waals surface area contributed by atoms with Gasteiger partial charge in [-0.2, -0.15) is 4.98 Å².